The van der Waals surface area contributed by atoms with E-state index in [0.29, 0.717) is 27.8 Å². The average molecular weight is 562 g/mol. The summed E-state index contributed by atoms with van der Waals surface area (Å²) in [6, 6.07) is 21.4. The molecule has 0 unspecified atom stereocenters. The van der Waals surface area contributed by atoms with Crippen molar-refractivity contribution in [3.63, 3.8) is 0 Å². The van der Waals surface area contributed by atoms with Crippen molar-refractivity contribution < 1.29 is 28.8 Å². The number of nitro benzene ring substituents is 1. The lowest BCUT2D eigenvalue weighted by Gasteiger charge is -2.08. The Labute approximate surface area is 242 Å². The third kappa shape index (κ3) is 4.56. The smallest absolute Gasteiger partial charge is 0.338 e. The molecule has 4 aromatic rings. The molecule has 0 heterocycles. The third-order valence-electron chi connectivity index (χ3n) is 7.37. The van der Waals surface area contributed by atoms with E-state index in [0.717, 1.165) is 22.3 Å². The van der Waals surface area contributed by atoms with Crippen LogP contribution in [0.1, 0.15) is 67.2 Å². The zero-order chi connectivity index (χ0) is 30.3. The van der Waals surface area contributed by atoms with Crippen LogP contribution in [0.3, 0.4) is 0 Å². The molecule has 0 bridgehead atoms. The molecular weight excluding hydrogens is 534 g/mol. The number of nitro groups is 1. The topological polar surface area (TPSA) is 113 Å². The molecule has 0 saturated heterocycles. The number of ketones is 1. The third-order valence-corrected chi connectivity index (χ3v) is 7.37. The number of fused-ring (bicyclic) bond motifs is 6. The van der Waals surface area contributed by atoms with E-state index >= 15 is 0 Å². The Hall–Kier alpha value is -5.37. The van der Waals surface area contributed by atoms with E-state index in [1.165, 1.54) is 49.1 Å². The number of carbonyl (C=O) groups excluding carboxylic acids is 3. The molecule has 0 spiro atoms. The van der Waals surface area contributed by atoms with Gasteiger partial charge in [0.05, 0.1) is 30.3 Å². The minimum absolute atomic E-state index is 0.156. The molecule has 0 amide bonds. The molecule has 0 aliphatic heterocycles. The highest BCUT2D eigenvalue weighted by Gasteiger charge is 2.33. The quantitative estimate of drug-likeness (QED) is 0.128. The average Bonchev–Trinajstić information content (AvgIpc) is 3.48. The molecule has 8 heteroatoms. The number of rotatable bonds is 3. The zero-order valence-corrected chi connectivity index (χ0v) is 23.7. The predicted molar refractivity (Wildman–Crippen MR) is 159 cm³/mol. The molecule has 0 radical (unpaired) electrons. The van der Waals surface area contributed by atoms with E-state index in [9.17, 15) is 24.5 Å². The molecular formula is C34H27NO7. The van der Waals surface area contributed by atoms with Crippen LogP contribution in [0.2, 0.25) is 0 Å². The van der Waals surface area contributed by atoms with Crippen molar-refractivity contribution in [2.45, 2.75) is 20.8 Å². The Bertz CT molecular complexity index is 1860. The largest absolute Gasteiger partial charge is 0.465 e. The van der Waals surface area contributed by atoms with Crippen LogP contribution in [-0.4, -0.2) is 36.9 Å². The summed E-state index contributed by atoms with van der Waals surface area (Å²) in [6.45, 7) is 5.98. The molecule has 2 aliphatic rings. The molecule has 0 fully saturated rings. The number of hydrogen-bond acceptors (Lipinski definition) is 7. The van der Waals surface area contributed by atoms with Crippen molar-refractivity contribution in [2.75, 3.05) is 14.2 Å². The lowest BCUT2D eigenvalue weighted by atomic mass is 9.97. The van der Waals surface area contributed by atoms with Gasteiger partial charge in [-0.25, -0.2) is 9.59 Å². The summed E-state index contributed by atoms with van der Waals surface area (Å²) in [4.78, 5) is 46.8. The van der Waals surface area contributed by atoms with E-state index < -0.39 is 10.9 Å². The van der Waals surface area contributed by atoms with Gasteiger partial charge >= 0.3 is 11.9 Å². The van der Waals surface area contributed by atoms with Crippen LogP contribution in [0, 0.1) is 17.0 Å². The molecule has 0 N–H and O–H groups in total. The first kappa shape index (κ1) is 28.2. The van der Waals surface area contributed by atoms with Gasteiger partial charge < -0.3 is 9.47 Å². The summed E-state index contributed by atoms with van der Waals surface area (Å²) in [7, 11) is 2.69. The molecule has 0 atom stereocenters. The lowest BCUT2D eigenvalue weighted by Crippen LogP contribution is -2.05. The van der Waals surface area contributed by atoms with Gasteiger partial charge in [-0.2, -0.15) is 0 Å². The van der Waals surface area contributed by atoms with Gasteiger partial charge in [-0.3, -0.25) is 14.9 Å². The number of nitrogens with zero attached hydrogens (tertiary/aromatic N) is 1. The molecule has 0 saturated carbocycles. The van der Waals surface area contributed by atoms with Crippen molar-refractivity contribution in [3.05, 3.63) is 127 Å². The van der Waals surface area contributed by atoms with Crippen LogP contribution < -0.4 is 0 Å². The molecule has 4 aromatic carbocycles. The van der Waals surface area contributed by atoms with Crippen LogP contribution in [0.4, 0.5) is 5.69 Å². The van der Waals surface area contributed by atoms with Crippen molar-refractivity contribution >= 4 is 29.0 Å². The number of benzene rings is 4. The van der Waals surface area contributed by atoms with E-state index in [1.807, 2.05) is 24.3 Å². The van der Waals surface area contributed by atoms with Gasteiger partial charge in [-0.1, -0.05) is 42.0 Å². The van der Waals surface area contributed by atoms with E-state index in [2.05, 4.69) is 32.0 Å². The van der Waals surface area contributed by atoms with Crippen LogP contribution in [0.15, 0.2) is 78.4 Å². The molecule has 210 valence electrons. The van der Waals surface area contributed by atoms with Crippen molar-refractivity contribution in [1.82, 2.24) is 0 Å². The minimum atomic E-state index is -0.553. The summed E-state index contributed by atoms with van der Waals surface area (Å²) in [6.07, 6.45) is 0. The Kier molecular flexibility index (Phi) is 7.31. The number of aryl methyl sites for hydroxylation is 1. The first-order valence-electron chi connectivity index (χ1n) is 13.1. The van der Waals surface area contributed by atoms with E-state index in [4.69, 9.17) is 9.47 Å². The second-order valence-electron chi connectivity index (χ2n) is 10.2. The van der Waals surface area contributed by atoms with Gasteiger partial charge in [0.25, 0.3) is 5.69 Å². The normalized spacial score (nSPS) is 11.8. The van der Waals surface area contributed by atoms with Gasteiger partial charge in [-0.05, 0) is 78.4 Å². The van der Waals surface area contributed by atoms with Crippen LogP contribution in [-0.2, 0) is 9.47 Å². The van der Waals surface area contributed by atoms with Gasteiger partial charge in [-0.15, -0.1) is 0 Å². The second-order valence-corrected chi connectivity index (χ2v) is 10.2. The Morgan fingerprint density at radius 2 is 1.29 bits per heavy atom. The maximum Gasteiger partial charge on any atom is 0.338 e. The molecule has 6 rings (SSSR count). The maximum absolute atomic E-state index is 12.5. The standard InChI is InChI=1S/C18H16O2.C16H11NO5/c1-11(2)16-12-7-4-5-8-13(12)17-14(16)9-6-10-15(17)18(19)20-3;1-8-5-12-14(13(6-8)16(19)22-2)10-4-3-9(17(20)21)7-11(10)15(12)18/h4-10H,1-3H3;3-7H,1-2H3. The number of non-ortho nitro benzene ring substituents is 1. The number of ether oxygens (including phenoxy) is 2. The maximum atomic E-state index is 12.5. The van der Waals surface area contributed by atoms with Crippen LogP contribution in [0.5, 0.6) is 0 Å². The summed E-state index contributed by atoms with van der Waals surface area (Å²) in [5.74, 6) is -1.15. The molecule has 0 aromatic heterocycles. The highest BCUT2D eigenvalue weighted by molar-refractivity contribution is 6.24. The fourth-order valence-electron chi connectivity index (χ4n) is 5.66. The van der Waals surface area contributed by atoms with Gasteiger partial charge in [0.1, 0.15) is 0 Å². The fraction of sp³-hybridized carbons (Fsp3) is 0.147. The van der Waals surface area contributed by atoms with Gasteiger partial charge in [0.2, 0.25) is 0 Å². The summed E-state index contributed by atoms with van der Waals surface area (Å²) in [5, 5.41) is 10.9. The first-order valence-corrected chi connectivity index (χ1v) is 13.1. The van der Waals surface area contributed by atoms with Crippen LogP contribution >= 0.6 is 0 Å². The summed E-state index contributed by atoms with van der Waals surface area (Å²) < 4.78 is 9.69. The van der Waals surface area contributed by atoms with E-state index in [-0.39, 0.29) is 23.0 Å². The fourth-order valence-corrected chi connectivity index (χ4v) is 5.66. The van der Waals surface area contributed by atoms with Crippen molar-refractivity contribution in [2.24, 2.45) is 0 Å². The summed E-state index contributed by atoms with van der Waals surface area (Å²) in [5.41, 5.74) is 10.0. The second kappa shape index (κ2) is 10.9. The lowest BCUT2D eigenvalue weighted by molar-refractivity contribution is -0.384. The highest BCUT2D eigenvalue weighted by Crippen LogP contribution is 2.47. The number of methoxy groups -OCH3 is 2. The highest BCUT2D eigenvalue weighted by atomic mass is 16.6. The zero-order valence-electron chi connectivity index (χ0n) is 23.7. The minimum Gasteiger partial charge on any atom is -0.465 e. The number of esters is 2. The SMILES string of the molecule is COC(=O)c1cc(C)cc2c1-c1ccc([N+](=O)[O-])cc1C2=O.COC(=O)c1cccc2c1-c1ccccc1C2=C(C)C. The summed E-state index contributed by atoms with van der Waals surface area (Å²) >= 11 is 0. The van der Waals surface area contributed by atoms with E-state index in [1.54, 1.807) is 19.1 Å². The first-order chi connectivity index (χ1) is 20.1. The molecule has 2 aliphatic carbocycles. The Balaban J connectivity index is 0.000000169. The number of hydrogen-bond donors (Lipinski definition) is 0. The predicted octanol–water partition coefficient (Wildman–Crippen LogP) is 7.20. The Morgan fingerprint density at radius 1 is 0.690 bits per heavy atom. The van der Waals surface area contributed by atoms with Crippen molar-refractivity contribution in [3.8, 4) is 22.3 Å². The van der Waals surface area contributed by atoms with Gasteiger partial charge in [0, 0.05) is 34.4 Å². The van der Waals surface area contributed by atoms with Gasteiger partial charge in [0.15, 0.2) is 5.78 Å². The monoisotopic (exact) mass is 561 g/mol. The number of allylic oxidation sites excluding steroid dienone is 1. The number of carbonyl (C=O) groups is 3. The van der Waals surface area contributed by atoms with Crippen molar-refractivity contribution in [1.29, 1.82) is 0 Å². The van der Waals surface area contributed by atoms with Crippen LogP contribution in [0.25, 0.3) is 27.8 Å². The molecule has 8 nitrogen and oxygen atoms in total. The Morgan fingerprint density at radius 3 is 1.93 bits per heavy atom. The molecule has 42 heavy (non-hydrogen) atoms.